The first kappa shape index (κ1) is 10.7. The molecule has 15 heavy (non-hydrogen) atoms. The molecule has 0 amide bonds. The normalized spacial score (nSPS) is 26.7. The largest absolute Gasteiger partial charge is 0.299 e. The maximum atomic E-state index is 11.6. The third kappa shape index (κ3) is 2.40. The summed E-state index contributed by atoms with van der Waals surface area (Å²) >= 11 is 5.94. The summed E-state index contributed by atoms with van der Waals surface area (Å²) in [5, 5.41) is 0.763. The van der Waals surface area contributed by atoms with Crippen molar-refractivity contribution in [2.45, 2.75) is 32.1 Å². The molecule has 0 heterocycles. The Kier molecular flexibility index (Phi) is 3.11. The molecule has 0 N–H and O–H groups in total. The van der Waals surface area contributed by atoms with Gasteiger partial charge in [0.05, 0.1) is 0 Å². The smallest absolute Gasteiger partial charge is 0.136 e. The van der Waals surface area contributed by atoms with Gasteiger partial charge in [0.15, 0.2) is 0 Å². The summed E-state index contributed by atoms with van der Waals surface area (Å²) in [6.45, 7) is 2.02. The molecule has 2 heteroatoms. The number of benzene rings is 1. The monoisotopic (exact) mass is 222 g/mol. The minimum atomic E-state index is 0.250. The zero-order valence-corrected chi connectivity index (χ0v) is 9.63. The highest BCUT2D eigenvalue weighted by Gasteiger charge is 2.26. The van der Waals surface area contributed by atoms with Crippen molar-refractivity contribution in [1.82, 2.24) is 0 Å². The third-order valence-corrected chi connectivity index (χ3v) is 3.50. The van der Waals surface area contributed by atoms with Crippen LogP contribution >= 0.6 is 11.6 Å². The van der Waals surface area contributed by atoms with E-state index in [1.54, 1.807) is 0 Å². The molecule has 0 radical (unpaired) electrons. The summed E-state index contributed by atoms with van der Waals surface area (Å²) in [6, 6.07) is 7.88. The van der Waals surface area contributed by atoms with Gasteiger partial charge in [-0.3, -0.25) is 4.79 Å². The second-order valence-electron chi connectivity index (χ2n) is 4.40. The minimum absolute atomic E-state index is 0.250. The Morgan fingerprint density at radius 3 is 2.80 bits per heavy atom. The Morgan fingerprint density at radius 2 is 2.13 bits per heavy atom. The number of halogens is 1. The van der Waals surface area contributed by atoms with E-state index < -0.39 is 0 Å². The van der Waals surface area contributed by atoms with E-state index in [0.29, 0.717) is 18.1 Å². The van der Waals surface area contributed by atoms with Crippen molar-refractivity contribution in [2.75, 3.05) is 0 Å². The van der Waals surface area contributed by atoms with Gasteiger partial charge in [0.25, 0.3) is 0 Å². The minimum Gasteiger partial charge on any atom is -0.299 e. The highest BCUT2D eigenvalue weighted by atomic mass is 35.5. The maximum Gasteiger partial charge on any atom is 0.136 e. The van der Waals surface area contributed by atoms with Gasteiger partial charge in [-0.25, -0.2) is 0 Å². The molecule has 0 spiro atoms. The van der Waals surface area contributed by atoms with Gasteiger partial charge in [-0.1, -0.05) is 30.7 Å². The van der Waals surface area contributed by atoms with E-state index in [-0.39, 0.29) is 5.92 Å². The standard InChI is InChI=1S/C13H15ClO/c1-9-5-6-11(8-13(9)15)10-3-2-4-12(14)7-10/h2-4,7,9,11H,5-6,8H2,1H3/t9-,11-/m0/s1. The van der Waals surface area contributed by atoms with E-state index in [1.807, 2.05) is 25.1 Å². The number of rotatable bonds is 1. The fraction of sp³-hybridized carbons (Fsp3) is 0.462. The highest BCUT2D eigenvalue weighted by molar-refractivity contribution is 6.30. The van der Waals surface area contributed by atoms with Gasteiger partial charge in [0.1, 0.15) is 5.78 Å². The van der Waals surface area contributed by atoms with Gasteiger partial charge in [-0.2, -0.15) is 0 Å². The molecule has 0 aliphatic heterocycles. The van der Waals surface area contributed by atoms with E-state index in [9.17, 15) is 4.79 Å². The molecule has 0 unspecified atom stereocenters. The van der Waals surface area contributed by atoms with Crippen molar-refractivity contribution in [3.63, 3.8) is 0 Å². The van der Waals surface area contributed by atoms with Gasteiger partial charge < -0.3 is 0 Å². The van der Waals surface area contributed by atoms with E-state index in [2.05, 4.69) is 6.07 Å². The number of carbonyl (C=O) groups excluding carboxylic acids is 1. The molecule has 0 saturated heterocycles. The Labute approximate surface area is 95.4 Å². The predicted molar refractivity (Wildman–Crippen MR) is 62.2 cm³/mol. The fourth-order valence-corrected chi connectivity index (χ4v) is 2.40. The summed E-state index contributed by atoms with van der Waals surface area (Å²) in [5.41, 5.74) is 1.21. The molecule has 0 aromatic heterocycles. The van der Waals surface area contributed by atoms with Crippen LogP contribution in [0.15, 0.2) is 24.3 Å². The first-order chi connectivity index (χ1) is 7.16. The number of Topliss-reactive ketones (excluding diaryl/α,β-unsaturated/α-hetero) is 1. The molecule has 1 aliphatic rings. The number of carbonyl (C=O) groups is 1. The Hall–Kier alpha value is -0.820. The van der Waals surface area contributed by atoms with Gasteiger partial charge in [0.2, 0.25) is 0 Å². The number of hydrogen-bond donors (Lipinski definition) is 0. The van der Waals surface area contributed by atoms with Crippen molar-refractivity contribution < 1.29 is 4.79 Å². The van der Waals surface area contributed by atoms with E-state index >= 15 is 0 Å². The van der Waals surface area contributed by atoms with Crippen LogP contribution in [0.3, 0.4) is 0 Å². The van der Waals surface area contributed by atoms with Gasteiger partial charge in [0, 0.05) is 17.4 Å². The topological polar surface area (TPSA) is 17.1 Å². The molecule has 1 aromatic carbocycles. The second-order valence-corrected chi connectivity index (χ2v) is 4.84. The van der Waals surface area contributed by atoms with E-state index in [0.717, 1.165) is 17.9 Å². The first-order valence-electron chi connectivity index (χ1n) is 5.45. The van der Waals surface area contributed by atoms with Crippen molar-refractivity contribution in [3.05, 3.63) is 34.9 Å². The van der Waals surface area contributed by atoms with Crippen LogP contribution in [0.25, 0.3) is 0 Å². The molecular formula is C13H15ClO. The third-order valence-electron chi connectivity index (χ3n) is 3.27. The van der Waals surface area contributed by atoms with Gasteiger partial charge >= 0.3 is 0 Å². The Balaban J connectivity index is 2.15. The van der Waals surface area contributed by atoms with Crippen molar-refractivity contribution in [1.29, 1.82) is 0 Å². The zero-order chi connectivity index (χ0) is 10.8. The molecular weight excluding hydrogens is 208 g/mol. The molecule has 0 bridgehead atoms. The lowest BCUT2D eigenvalue weighted by atomic mass is 9.79. The maximum absolute atomic E-state index is 11.6. The van der Waals surface area contributed by atoms with E-state index in [1.165, 1.54) is 5.56 Å². The molecule has 1 aliphatic carbocycles. The summed E-state index contributed by atoms with van der Waals surface area (Å²) in [7, 11) is 0. The molecule has 1 aromatic rings. The summed E-state index contributed by atoms with van der Waals surface area (Å²) in [6.07, 6.45) is 2.80. The van der Waals surface area contributed by atoms with Crippen LogP contribution in [0.4, 0.5) is 0 Å². The lowest BCUT2D eigenvalue weighted by Crippen LogP contribution is -2.21. The van der Waals surface area contributed by atoms with Crippen molar-refractivity contribution in [3.8, 4) is 0 Å². The molecule has 2 atom stereocenters. The SMILES string of the molecule is C[C@H]1CC[C@H](c2cccc(Cl)c2)CC1=O. The fourth-order valence-electron chi connectivity index (χ4n) is 2.20. The summed E-state index contributed by atoms with van der Waals surface area (Å²) in [4.78, 5) is 11.6. The Morgan fingerprint density at radius 1 is 1.33 bits per heavy atom. The van der Waals surface area contributed by atoms with Crippen molar-refractivity contribution in [2.24, 2.45) is 5.92 Å². The number of ketones is 1. The van der Waals surface area contributed by atoms with E-state index in [4.69, 9.17) is 11.6 Å². The first-order valence-corrected chi connectivity index (χ1v) is 5.83. The highest BCUT2D eigenvalue weighted by Crippen LogP contribution is 2.34. The number of hydrogen-bond acceptors (Lipinski definition) is 1. The molecule has 1 saturated carbocycles. The molecule has 1 fully saturated rings. The summed E-state index contributed by atoms with van der Waals surface area (Å²) < 4.78 is 0. The second kappa shape index (κ2) is 4.36. The molecule has 1 nitrogen and oxygen atoms in total. The average molecular weight is 223 g/mol. The Bertz CT molecular complexity index is 373. The summed E-state index contributed by atoms with van der Waals surface area (Å²) in [5.74, 6) is 1.03. The van der Waals surface area contributed by atoms with Gasteiger partial charge in [-0.15, -0.1) is 0 Å². The van der Waals surface area contributed by atoms with Crippen LogP contribution in [-0.4, -0.2) is 5.78 Å². The van der Waals surface area contributed by atoms with Crippen molar-refractivity contribution >= 4 is 17.4 Å². The van der Waals surface area contributed by atoms with Crippen LogP contribution in [-0.2, 0) is 4.79 Å². The quantitative estimate of drug-likeness (QED) is 0.706. The van der Waals surface area contributed by atoms with Crippen LogP contribution in [0, 0.1) is 5.92 Å². The lowest BCUT2D eigenvalue weighted by molar-refractivity contribution is -0.124. The van der Waals surface area contributed by atoms with Crippen LogP contribution in [0.1, 0.15) is 37.7 Å². The van der Waals surface area contributed by atoms with Gasteiger partial charge in [-0.05, 0) is 36.5 Å². The molecule has 2 rings (SSSR count). The van der Waals surface area contributed by atoms with Crippen LogP contribution < -0.4 is 0 Å². The zero-order valence-electron chi connectivity index (χ0n) is 8.87. The predicted octanol–water partition coefficient (Wildman–Crippen LogP) is 3.81. The lowest BCUT2D eigenvalue weighted by Gasteiger charge is -2.25. The molecule has 80 valence electrons. The van der Waals surface area contributed by atoms with Crippen LogP contribution in [0.5, 0.6) is 0 Å². The van der Waals surface area contributed by atoms with Crippen LogP contribution in [0.2, 0.25) is 5.02 Å². The average Bonchev–Trinajstić information content (AvgIpc) is 2.22.